The van der Waals surface area contributed by atoms with Crippen molar-refractivity contribution in [1.29, 1.82) is 5.26 Å². The van der Waals surface area contributed by atoms with Crippen LogP contribution >= 0.6 is 23.1 Å². The second kappa shape index (κ2) is 8.07. The van der Waals surface area contributed by atoms with Gasteiger partial charge in [-0.05, 0) is 31.5 Å². The maximum absolute atomic E-state index is 9.52. The van der Waals surface area contributed by atoms with Crippen molar-refractivity contribution in [3.8, 4) is 16.9 Å². The highest BCUT2D eigenvalue weighted by molar-refractivity contribution is 7.08. The Kier molecular flexibility index (Phi) is 6.27. The fourth-order valence-electron chi connectivity index (χ4n) is 2.16. The molecule has 0 N–H and O–H groups in total. The van der Waals surface area contributed by atoms with E-state index in [0.717, 1.165) is 23.5 Å². The highest BCUT2D eigenvalue weighted by atomic mass is 35.5. The van der Waals surface area contributed by atoms with E-state index >= 15 is 0 Å². The van der Waals surface area contributed by atoms with E-state index in [4.69, 9.17) is 16.3 Å². The van der Waals surface area contributed by atoms with Crippen LogP contribution in [-0.2, 0) is 5.41 Å². The zero-order chi connectivity index (χ0) is 19.5. The Bertz CT molecular complexity index is 862. The van der Waals surface area contributed by atoms with Crippen molar-refractivity contribution in [2.24, 2.45) is 4.99 Å². The van der Waals surface area contributed by atoms with Crippen molar-refractivity contribution in [2.75, 3.05) is 13.6 Å². The highest BCUT2D eigenvalue weighted by Gasteiger charge is 2.26. The van der Waals surface area contributed by atoms with E-state index in [1.54, 1.807) is 12.4 Å². The first-order chi connectivity index (χ1) is 12.2. The van der Waals surface area contributed by atoms with Gasteiger partial charge in [-0.25, -0.2) is 4.99 Å². The fourth-order valence-corrected chi connectivity index (χ4v) is 3.26. The molecule has 5 nitrogen and oxygen atoms in total. The zero-order valence-corrected chi connectivity index (χ0v) is 17.5. The number of hydrogen-bond acceptors (Lipinski definition) is 5. The standard InChI is InChI=1S/C19H23ClN4OS/c1-7-24(6)11-22-15-9-14(20)16(8-12(15)2)25-18-13(10-21)17(23-26-18)19(3,4)5/h8-9,11H,7H2,1-6H3/b22-11-. The van der Waals surface area contributed by atoms with Crippen molar-refractivity contribution in [3.05, 3.63) is 34.0 Å². The van der Waals surface area contributed by atoms with Gasteiger partial charge in [-0.15, -0.1) is 0 Å². The van der Waals surface area contributed by atoms with E-state index in [1.165, 1.54) is 11.5 Å². The molecule has 26 heavy (non-hydrogen) atoms. The predicted molar refractivity (Wildman–Crippen MR) is 108 cm³/mol. The molecule has 0 radical (unpaired) electrons. The molecule has 0 fully saturated rings. The van der Waals surface area contributed by atoms with Crippen LogP contribution in [-0.4, -0.2) is 29.2 Å². The van der Waals surface area contributed by atoms with E-state index in [0.29, 0.717) is 21.4 Å². The molecule has 138 valence electrons. The van der Waals surface area contributed by atoms with Crippen LogP contribution in [0.5, 0.6) is 10.8 Å². The van der Waals surface area contributed by atoms with Gasteiger partial charge in [0.15, 0.2) is 0 Å². The van der Waals surface area contributed by atoms with E-state index < -0.39 is 0 Å². The van der Waals surface area contributed by atoms with Crippen molar-refractivity contribution >= 4 is 35.2 Å². The van der Waals surface area contributed by atoms with Crippen molar-refractivity contribution in [2.45, 2.75) is 40.0 Å². The topological polar surface area (TPSA) is 61.5 Å². The van der Waals surface area contributed by atoms with Crippen LogP contribution in [0.2, 0.25) is 5.02 Å². The summed E-state index contributed by atoms with van der Waals surface area (Å²) >= 11 is 7.55. The molecule has 1 aromatic heterocycles. The third kappa shape index (κ3) is 4.54. The third-order valence-corrected chi connectivity index (χ3v) is 4.85. The molecule has 0 aliphatic heterocycles. The molecule has 0 aliphatic carbocycles. The van der Waals surface area contributed by atoms with Crippen LogP contribution in [0.15, 0.2) is 17.1 Å². The lowest BCUT2D eigenvalue weighted by molar-refractivity contribution is 0.491. The number of rotatable bonds is 5. The van der Waals surface area contributed by atoms with Gasteiger partial charge in [0.1, 0.15) is 17.4 Å². The average molecular weight is 391 g/mol. The Balaban J connectivity index is 2.35. The predicted octanol–water partition coefficient (Wildman–Crippen LogP) is 5.68. The lowest BCUT2D eigenvalue weighted by Gasteiger charge is -2.15. The first-order valence-corrected chi connectivity index (χ1v) is 9.45. The molecule has 0 atom stereocenters. The fraction of sp³-hybridized carbons (Fsp3) is 0.421. The molecular weight excluding hydrogens is 368 g/mol. The summed E-state index contributed by atoms with van der Waals surface area (Å²) < 4.78 is 10.3. The molecule has 1 heterocycles. The number of ether oxygens (including phenoxy) is 1. The summed E-state index contributed by atoms with van der Waals surface area (Å²) in [7, 11) is 1.96. The van der Waals surface area contributed by atoms with E-state index in [9.17, 15) is 5.26 Å². The second-order valence-electron chi connectivity index (χ2n) is 7.04. The van der Waals surface area contributed by atoms with E-state index in [1.807, 2.05) is 45.7 Å². The van der Waals surface area contributed by atoms with Gasteiger partial charge in [-0.2, -0.15) is 9.64 Å². The van der Waals surface area contributed by atoms with Crippen molar-refractivity contribution in [3.63, 3.8) is 0 Å². The van der Waals surface area contributed by atoms with E-state index in [2.05, 4.69) is 22.4 Å². The Labute approximate surface area is 164 Å². The molecular formula is C19H23ClN4OS. The minimum absolute atomic E-state index is 0.229. The molecule has 0 aliphatic rings. The number of aliphatic imine (C=N–C) groups is 1. The maximum Gasteiger partial charge on any atom is 0.218 e. The molecule has 0 spiro atoms. The summed E-state index contributed by atoms with van der Waals surface area (Å²) in [5, 5.41) is 10.4. The summed E-state index contributed by atoms with van der Waals surface area (Å²) in [6.45, 7) is 10.9. The lowest BCUT2D eigenvalue weighted by atomic mass is 9.90. The molecule has 0 unspecified atom stereocenters. The van der Waals surface area contributed by atoms with Gasteiger partial charge in [0.25, 0.3) is 0 Å². The Morgan fingerprint density at radius 2 is 2.12 bits per heavy atom. The van der Waals surface area contributed by atoms with Crippen LogP contribution in [0.25, 0.3) is 0 Å². The number of nitriles is 1. The molecule has 7 heteroatoms. The highest BCUT2D eigenvalue weighted by Crippen LogP contribution is 2.40. The number of halogens is 1. The molecule has 2 aromatic rings. The van der Waals surface area contributed by atoms with E-state index in [-0.39, 0.29) is 5.41 Å². The Morgan fingerprint density at radius 3 is 2.69 bits per heavy atom. The number of hydrogen-bond donors (Lipinski definition) is 0. The molecule has 1 aromatic carbocycles. The van der Waals surface area contributed by atoms with Crippen molar-refractivity contribution in [1.82, 2.24) is 9.27 Å². The van der Waals surface area contributed by atoms with Gasteiger partial charge in [0.05, 0.1) is 22.7 Å². The van der Waals surface area contributed by atoms with Gasteiger partial charge in [-0.1, -0.05) is 32.4 Å². The third-order valence-electron chi connectivity index (χ3n) is 3.83. The smallest absolute Gasteiger partial charge is 0.218 e. The minimum Gasteiger partial charge on any atom is -0.442 e. The average Bonchev–Trinajstić information content (AvgIpc) is 2.99. The monoisotopic (exact) mass is 390 g/mol. The first-order valence-electron chi connectivity index (χ1n) is 8.30. The number of aryl methyl sites for hydroxylation is 1. The molecule has 0 bridgehead atoms. The summed E-state index contributed by atoms with van der Waals surface area (Å²) in [5.74, 6) is 0.493. The molecule has 0 saturated carbocycles. The molecule has 0 amide bonds. The number of benzene rings is 1. The second-order valence-corrected chi connectivity index (χ2v) is 8.19. The molecule has 2 rings (SSSR count). The summed E-state index contributed by atoms with van der Waals surface area (Å²) in [6.07, 6.45) is 1.77. The number of aromatic nitrogens is 1. The van der Waals surface area contributed by atoms with Crippen LogP contribution < -0.4 is 4.74 Å². The van der Waals surface area contributed by atoms with Gasteiger partial charge in [0.2, 0.25) is 5.06 Å². The zero-order valence-electron chi connectivity index (χ0n) is 15.9. The van der Waals surface area contributed by atoms with Gasteiger partial charge in [0, 0.05) is 30.5 Å². The SMILES string of the molecule is CCN(C)/C=N\c1cc(Cl)c(Oc2snc(C(C)(C)C)c2C#N)cc1C. The Morgan fingerprint density at radius 1 is 1.42 bits per heavy atom. The van der Waals surface area contributed by atoms with Crippen LogP contribution in [0.3, 0.4) is 0 Å². The van der Waals surface area contributed by atoms with Crippen LogP contribution in [0.4, 0.5) is 5.69 Å². The van der Waals surface area contributed by atoms with Gasteiger partial charge >= 0.3 is 0 Å². The number of nitrogens with zero attached hydrogens (tertiary/aromatic N) is 4. The van der Waals surface area contributed by atoms with Crippen LogP contribution in [0.1, 0.15) is 44.5 Å². The van der Waals surface area contributed by atoms with Crippen LogP contribution in [0, 0.1) is 18.3 Å². The quantitative estimate of drug-likeness (QED) is 0.486. The molecule has 0 saturated heterocycles. The van der Waals surface area contributed by atoms with Crippen molar-refractivity contribution < 1.29 is 4.74 Å². The van der Waals surface area contributed by atoms with Gasteiger partial charge in [-0.3, -0.25) is 0 Å². The summed E-state index contributed by atoms with van der Waals surface area (Å²) in [6, 6.07) is 5.81. The Hall–Kier alpha value is -2.10. The normalized spacial score (nSPS) is 11.6. The first kappa shape index (κ1) is 20.2. The van der Waals surface area contributed by atoms with Gasteiger partial charge < -0.3 is 9.64 Å². The lowest BCUT2D eigenvalue weighted by Crippen LogP contribution is -2.14. The minimum atomic E-state index is -0.229. The largest absolute Gasteiger partial charge is 0.442 e. The summed E-state index contributed by atoms with van der Waals surface area (Å²) in [4.78, 5) is 6.43. The summed E-state index contributed by atoms with van der Waals surface area (Å²) in [5.41, 5.74) is 2.68. The maximum atomic E-state index is 9.52.